The number of hydrogen-bond donors (Lipinski definition) is 2. The van der Waals surface area contributed by atoms with Gasteiger partial charge < -0.3 is 9.88 Å². The molecule has 4 rings (SSSR count). The number of carbonyl (C=O) groups is 1. The highest BCUT2D eigenvalue weighted by molar-refractivity contribution is 7.22. The molecular weight excluding hydrogens is 296 g/mol. The lowest BCUT2D eigenvalue weighted by atomic mass is 10.1. The summed E-state index contributed by atoms with van der Waals surface area (Å²) in [4.78, 5) is 22.1. The van der Waals surface area contributed by atoms with Crippen molar-refractivity contribution in [3.63, 3.8) is 0 Å². The van der Waals surface area contributed by atoms with Crippen LogP contribution in [0.1, 0.15) is 24.6 Å². The van der Waals surface area contributed by atoms with Gasteiger partial charge in [-0.1, -0.05) is 23.5 Å². The number of fused-ring (bicyclic) bond motifs is 1. The Labute approximate surface area is 132 Å². The molecule has 2 amide bonds. The van der Waals surface area contributed by atoms with Crippen LogP contribution in [-0.4, -0.2) is 27.4 Å². The van der Waals surface area contributed by atoms with Gasteiger partial charge in [0.15, 0.2) is 5.13 Å². The van der Waals surface area contributed by atoms with E-state index in [-0.39, 0.29) is 12.1 Å². The number of para-hydroxylation sites is 1. The second kappa shape index (κ2) is 5.46. The van der Waals surface area contributed by atoms with Gasteiger partial charge in [-0.3, -0.25) is 5.32 Å². The van der Waals surface area contributed by atoms with Crippen molar-refractivity contribution in [3.05, 3.63) is 48.3 Å². The molecule has 3 aromatic rings. The molecule has 2 N–H and O–H groups in total. The molecule has 0 radical (unpaired) electrons. The van der Waals surface area contributed by atoms with Crippen LogP contribution in [-0.2, 0) is 0 Å². The van der Waals surface area contributed by atoms with Gasteiger partial charge >= 0.3 is 6.03 Å². The van der Waals surface area contributed by atoms with Gasteiger partial charge in [-0.2, -0.15) is 0 Å². The summed E-state index contributed by atoms with van der Waals surface area (Å²) in [5, 5.41) is 3.60. The number of benzene rings is 1. The third kappa shape index (κ3) is 2.35. The van der Waals surface area contributed by atoms with Crippen LogP contribution in [0, 0.1) is 0 Å². The number of rotatable bonds is 2. The number of amides is 2. The summed E-state index contributed by atoms with van der Waals surface area (Å²) in [5.41, 5.74) is 2.02. The number of aromatic amines is 1. The minimum atomic E-state index is -0.0730. The van der Waals surface area contributed by atoms with Crippen LogP contribution in [0.5, 0.6) is 0 Å². The van der Waals surface area contributed by atoms with E-state index >= 15 is 0 Å². The number of aromatic nitrogens is 2. The molecule has 1 atom stereocenters. The lowest BCUT2D eigenvalue weighted by Gasteiger charge is -2.23. The van der Waals surface area contributed by atoms with E-state index in [0.29, 0.717) is 5.13 Å². The van der Waals surface area contributed by atoms with E-state index in [1.807, 2.05) is 47.5 Å². The number of H-pyrrole nitrogens is 1. The molecule has 0 saturated carbocycles. The monoisotopic (exact) mass is 312 g/mol. The van der Waals surface area contributed by atoms with Crippen LogP contribution >= 0.6 is 11.3 Å². The molecule has 0 aliphatic carbocycles. The maximum absolute atomic E-state index is 12.6. The molecule has 3 heterocycles. The highest BCUT2D eigenvalue weighted by Gasteiger charge is 2.30. The third-order valence-electron chi connectivity index (χ3n) is 4.00. The van der Waals surface area contributed by atoms with E-state index in [1.54, 1.807) is 0 Å². The maximum atomic E-state index is 12.6. The normalized spacial score (nSPS) is 18.0. The molecule has 0 unspecified atom stereocenters. The SMILES string of the molecule is O=C(Nc1nc2ccccc2s1)N1CCC[C@H]1c1ccc[nH]1. The van der Waals surface area contributed by atoms with Crippen molar-refractivity contribution in [2.75, 3.05) is 11.9 Å². The fraction of sp³-hybridized carbons (Fsp3) is 0.250. The molecular formula is C16H16N4OS. The fourth-order valence-corrected chi connectivity index (χ4v) is 3.83. The number of nitrogens with zero attached hydrogens (tertiary/aromatic N) is 2. The van der Waals surface area contributed by atoms with Crippen LogP contribution in [0.15, 0.2) is 42.6 Å². The Hall–Kier alpha value is -2.34. The third-order valence-corrected chi connectivity index (χ3v) is 4.95. The Morgan fingerprint density at radius 3 is 3.05 bits per heavy atom. The van der Waals surface area contributed by atoms with E-state index in [0.717, 1.165) is 35.3 Å². The van der Waals surface area contributed by atoms with Crippen molar-refractivity contribution < 1.29 is 4.79 Å². The van der Waals surface area contributed by atoms with Gasteiger partial charge in [0.1, 0.15) is 0 Å². The summed E-state index contributed by atoms with van der Waals surface area (Å²) in [6.07, 6.45) is 3.92. The summed E-state index contributed by atoms with van der Waals surface area (Å²) in [7, 11) is 0. The summed E-state index contributed by atoms with van der Waals surface area (Å²) in [5.74, 6) is 0. The van der Waals surface area contributed by atoms with E-state index in [9.17, 15) is 4.79 Å². The largest absolute Gasteiger partial charge is 0.363 e. The highest BCUT2D eigenvalue weighted by Crippen LogP contribution is 2.32. The molecule has 0 spiro atoms. The van der Waals surface area contributed by atoms with E-state index in [4.69, 9.17) is 0 Å². The Morgan fingerprint density at radius 2 is 2.23 bits per heavy atom. The standard InChI is InChI=1S/C16H16N4OS/c21-16(19-15-18-12-5-1-2-8-14(12)22-15)20-10-4-7-13(20)11-6-3-9-17-11/h1-3,5-6,8-9,13,17H,4,7,10H2,(H,18,19,21)/t13-/m0/s1. The Kier molecular flexibility index (Phi) is 3.31. The van der Waals surface area contributed by atoms with Crippen molar-refractivity contribution >= 4 is 32.7 Å². The number of anilines is 1. The number of thiazole rings is 1. The van der Waals surface area contributed by atoms with Gasteiger partial charge in [0.25, 0.3) is 0 Å². The average molecular weight is 312 g/mol. The quantitative estimate of drug-likeness (QED) is 0.751. The molecule has 2 aromatic heterocycles. The zero-order chi connectivity index (χ0) is 14.9. The van der Waals surface area contributed by atoms with Crippen LogP contribution in [0.4, 0.5) is 9.93 Å². The molecule has 0 bridgehead atoms. The molecule has 1 aliphatic heterocycles. The highest BCUT2D eigenvalue weighted by atomic mass is 32.1. The number of nitrogens with one attached hydrogen (secondary N) is 2. The van der Waals surface area contributed by atoms with Gasteiger partial charge in [0, 0.05) is 18.4 Å². The average Bonchev–Trinajstić information content (AvgIpc) is 3.25. The molecule has 22 heavy (non-hydrogen) atoms. The van der Waals surface area contributed by atoms with Crippen molar-refractivity contribution in [2.45, 2.75) is 18.9 Å². The van der Waals surface area contributed by atoms with Gasteiger partial charge in [-0.05, 0) is 37.1 Å². The van der Waals surface area contributed by atoms with E-state index < -0.39 is 0 Å². The predicted octanol–water partition coefficient (Wildman–Crippen LogP) is 3.99. The molecule has 5 nitrogen and oxygen atoms in total. The molecule has 1 saturated heterocycles. The second-order valence-electron chi connectivity index (χ2n) is 5.39. The maximum Gasteiger partial charge on any atom is 0.324 e. The Balaban J connectivity index is 1.53. The molecule has 6 heteroatoms. The second-order valence-corrected chi connectivity index (χ2v) is 6.42. The van der Waals surface area contributed by atoms with Crippen LogP contribution in [0.25, 0.3) is 10.2 Å². The lowest BCUT2D eigenvalue weighted by molar-refractivity contribution is 0.206. The smallest absolute Gasteiger partial charge is 0.324 e. The lowest BCUT2D eigenvalue weighted by Crippen LogP contribution is -2.34. The topological polar surface area (TPSA) is 61.0 Å². The number of carbonyl (C=O) groups excluding carboxylic acids is 1. The molecule has 1 fully saturated rings. The minimum Gasteiger partial charge on any atom is -0.363 e. The summed E-state index contributed by atoms with van der Waals surface area (Å²) >= 11 is 1.51. The van der Waals surface area contributed by atoms with E-state index in [1.165, 1.54) is 11.3 Å². The van der Waals surface area contributed by atoms with E-state index in [2.05, 4.69) is 15.3 Å². The van der Waals surface area contributed by atoms with Crippen LogP contribution < -0.4 is 5.32 Å². The number of likely N-dealkylation sites (tertiary alicyclic amines) is 1. The van der Waals surface area contributed by atoms with Gasteiger partial charge in [-0.25, -0.2) is 9.78 Å². The van der Waals surface area contributed by atoms with Crippen LogP contribution in [0.3, 0.4) is 0 Å². The first-order chi connectivity index (χ1) is 10.8. The first-order valence-electron chi connectivity index (χ1n) is 7.38. The molecule has 1 aliphatic rings. The number of hydrogen-bond acceptors (Lipinski definition) is 3. The predicted molar refractivity (Wildman–Crippen MR) is 88.1 cm³/mol. The summed E-state index contributed by atoms with van der Waals surface area (Å²) in [6.45, 7) is 0.778. The van der Waals surface area contributed by atoms with Crippen LogP contribution in [0.2, 0.25) is 0 Å². The van der Waals surface area contributed by atoms with Crippen molar-refractivity contribution in [1.29, 1.82) is 0 Å². The minimum absolute atomic E-state index is 0.0730. The Morgan fingerprint density at radius 1 is 1.32 bits per heavy atom. The Bertz CT molecular complexity index is 762. The van der Waals surface area contributed by atoms with Crippen molar-refractivity contribution in [3.8, 4) is 0 Å². The van der Waals surface area contributed by atoms with Gasteiger partial charge in [0.2, 0.25) is 0 Å². The summed E-state index contributed by atoms with van der Waals surface area (Å²) in [6, 6.07) is 12.0. The van der Waals surface area contributed by atoms with Crippen molar-refractivity contribution in [2.24, 2.45) is 0 Å². The first kappa shape index (κ1) is 13.3. The number of urea groups is 1. The zero-order valence-corrected chi connectivity index (χ0v) is 12.8. The fourth-order valence-electron chi connectivity index (χ4n) is 2.97. The van der Waals surface area contributed by atoms with Gasteiger partial charge in [0.05, 0.1) is 16.3 Å². The molecule has 1 aromatic carbocycles. The summed E-state index contributed by atoms with van der Waals surface area (Å²) < 4.78 is 1.08. The first-order valence-corrected chi connectivity index (χ1v) is 8.19. The van der Waals surface area contributed by atoms with Crippen molar-refractivity contribution in [1.82, 2.24) is 14.9 Å². The zero-order valence-electron chi connectivity index (χ0n) is 12.0. The molecule has 112 valence electrons. The van der Waals surface area contributed by atoms with Gasteiger partial charge in [-0.15, -0.1) is 0 Å².